The van der Waals surface area contributed by atoms with Gasteiger partial charge in [0.1, 0.15) is 5.25 Å². The van der Waals surface area contributed by atoms with E-state index in [2.05, 4.69) is 0 Å². The number of nitro groups is 1. The molecule has 1 atom stereocenters. The second-order valence-corrected chi connectivity index (χ2v) is 5.05. The van der Waals surface area contributed by atoms with Crippen LogP contribution in [0.15, 0.2) is 23.1 Å². The summed E-state index contributed by atoms with van der Waals surface area (Å²) in [6, 6.07) is 3.46. The van der Waals surface area contributed by atoms with Crippen molar-refractivity contribution in [2.45, 2.75) is 16.6 Å². The second-order valence-electron chi connectivity index (χ2n) is 3.81. The van der Waals surface area contributed by atoms with Crippen LogP contribution in [0.2, 0.25) is 0 Å². The van der Waals surface area contributed by atoms with Gasteiger partial charge in [0.05, 0.1) is 17.1 Å². The van der Waals surface area contributed by atoms with Crippen molar-refractivity contribution in [3.05, 3.63) is 33.9 Å². The highest BCUT2D eigenvalue weighted by Gasteiger charge is 2.29. The van der Waals surface area contributed by atoms with E-state index in [0.29, 0.717) is 6.42 Å². The van der Waals surface area contributed by atoms with Crippen molar-refractivity contribution in [2.24, 2.45) is 0 Å². The van der Waals surface area contributed by atoms with Crippen LogP contribution in [0.3, 0.4) is 0 Å². The molecule has 1 heterocycles. The fraction of sp³-hybridized carbons (Fsp3) is 0.273. The average Bonchev–Trinajstić information content (AvgIpc) is 2.74. The predicted molar refractivity (Wildman–Crippen MR) is 65.3 cm³/mol. The minimum absolute atomic E-state index is 0.0599. The molecule has 19 heavy (non-hydrogen) atoms. The normalized spacial score (nSPS) is 18.1. The lowest BCUT2D eigenvalue weighted by molar-refractivity contribution is -0.385. The highest BCUT2D eigenvalue weighted by molar-refractivity contribution is 8.00. The Labute approximate surface area is 111 Å². The molecule has 1 N–H and O–H groups in total. The highest BCUT2D eigenvalue weighted by atomic mass is 32.2. The highest BCUT2D eigenvalue weighted by Crippen LogP contribution is 2.34. The van der Waals surface area contributed by atoms with E-state index in [4.69, 9.17) is 9.84 Å². The Bertz CT molecular complexity index is 558. The number of aromatic carboxylic acids is 1. The van der Waals surface area contributed by atoms with Gasteiger partial charge in [-0.2, -0.15) is 0 Å². The minimum Gasteiger partial charge on any atom is -0.478 e. The maximum atomic E-state index is 11.4. The van der Waals surface area contributed by atoms with Gasteiger partial charge < -0.3 is 9.84 Å². The van der Waals surface area contributed by atoms with Gasteiger partial charge in [-0.05, 0) is 6.07 Å². The average molecular weight is 283 g/mol. The number of carbonyl (C=O) groups excluding carboxylic acids is 1. The van der Waals surface area contributed by atoms with E-state index < -0.39 is 22.1 Å². The van der Waals surface area contributed by atoms with Crippen molar-refractivity contribution in [2.75, 3.05) is 6.61 Å². The summed E-state index contributed by atoms with van der Waals surface area (Å²) in [5, 5.41) is 19.2. The molecular weight excluding hydrogens is 274 g/mol. The van der Waals surface area contributed by atoms with Gasteiger partial charge in [0.25, 0.3) is 5.69 Å². The molecular formula is C11H9NO6S. The SMILES string of the molecule is O=C(O)c1ccc([N+](=O)[O-])cc1SC1CCOC1=O. The van der Waals surface area contributed by atoms with E-state index in [1.807, 2.05) is 0 Å². The van der Waals surface area contributed by atoms with Crippen molar-refractivity contribution in [3.8, 4) is 0 Å². The summed E-state index contributed by atoms with van der Waals surface area (Å²) in [6.45, 7) is 0.286. The van der Waals surface area contributed by atoms with Crippen molar-refractivity contribution in [3.63, 3.8) is 0 Å². The van der Waals surface area contributed by atoms with Gasteiger partial charge in [-0.25, -0.2) is 4.79 Å². The summed E-state index contributed by atoms with van der Waals surface area (Å²) in [7, 11) is 0. The Hall–Kier alpha value is -2.09. The topological polar surface area (TPSA) is 107 Å². The summed E-state index contributed by atoms with van der Waals surface area (Å²) in [6.07, 6.45) is 0.464. The molecule has 2 rings (SSSR count). The zero-order valence-electron chi connectivity index (χ0n) is 9.57. The number of ether oxygens (including phenoxy) is 1. The first kappa shape index (κ1) is 13.3. The molecule has 1 unspecified atom stereocenters. The number of benzene rings is 1. The number of thioether (sulfide) groups is 1. The van der Waals surface area contributed by atoms with Crippen molar-refractivity contribution >= 4 is 29.4 Å². The number of non-ortho nitro benzene ring substituents is 1. The summed E-state index contributed by atoms with van der Waals surface area (Å²) >= 11 is 0.986. The first-order chi connectivity index (χ1) is 8.99. The van der Waals surface area contributed by atoms with Crippen LogP contribution in [0.5, 0.6) is 0 Å². The second kappa shape index (κ2) is 5.27. The van der Waals surface area contributed by atoms with Crippen molar-refractivity contribution in [1.82, 2.24) is 0 Å². The number of carboxylic acids is 1. The molecule has 1 fully saturated rings. The van der Waals surface area contributed by atoms with Crippen LogP contribution in [0.25, 0.3) is 0 Å². The molecule has 0 radical (unpaired) electrons. The van der Waals surface area contributed by atoms with E-state index in [1.54, 1.807) is 0 Å². The van der Waals surface area contributed by atoms with Gasteiger partial charge in [0.2, 0.25) is 0 Å². The third-order valence-electron chi connectivity index (χ3n) is 2.56. The van der Waals surface area contributed by atoms with Crippen LogP contribution < -0.4 is 0 Å². The number of nitro benzene ring substituents is 1. The maximum absolute atomic E-state index is 11.4. The number of nitrogens with zero attached hydrogens (tertiary/aromatic N) is 1. The number of carboxylic acid groups (broad SMARTS) is 1. The minimum atomic E-state index is -1.19. The van der Waals surface area contributed by atoms with Crippen LogP contribution >= 0.6 is 11.8 Å². The molecule has 1 aromatic carbocycles. The Morgan fingerprint density at radius 3 is 2.79 bits per heavy atom. The van der Waals surface area contributed by atoms with E-state index in [0.717, 1.165) is 17.8 Å². The molecule has 0 aliphatic carbocycles. The van der Waals surface area contributed by atoms with Gasteiger partial charge in [-0.1, -0.05) is 0 Å². The third-order valence-corrected chi connectivity index (χ3v) is 3.87. The Kier molecular flexibility index (Phi) is 3.70. The zero-order valence-corrected chi connectivity index (χ0v) is 10.4. The molecule has 8 heteroatoms. The molecule has 100 valence electrons. The lowest BCUT2D eigenvalue weighted by atomic mass is 10.2. The molecule has 0 amide bonds. The molecule has 1 saturated heterocycles. The lowest BCUT2D eigenvalue weighted by Gasteiger charge is -2.08. The quantitative estimate of drug-likeness (QED) is 0.509. The van der Waals surface area contributed by atoms with E-state index in [9.17, 15) is 19.7 Å². The molecule has 0 spiro atoms. The molecule has 0 saturated carbocycles. The molecule has 0 aromatic heterocycles. The van der Waals surface area contributed by atoms with Gasteiger partial charge in [-0.15, -0.1) is 11.8 Å². The predicted octanol–water partition coefficient (Wildman–Crippen LogP) is 1.70. The fourth-order valence-corrected chi connectivity index (χ4v) is 2.79. The van der Waals surface area contributed by atoms with Crippen molar-refractivity contribution < 1.29 is 24.4 Å². The number of rotatable bonds is 4. The van der Waals surface area contributed by atoms with Gasteiger partial charge in [-0.3, -0.25) is 14.9 Å². The van der Waals surface area contributed by atoms with Crippen LogP contribution in [0.4, 0.5) is 5.69 Å². The molecule has 0 bridgehead atoms. The van der Waals surface area contributed by atoms with E-state index in [1.165, 1.54) is 12.1 Å². The van der Waals surface area contributed by atoms with E-state index in [-0.39, 0.29) is 22.8 Å². The molecule has 1 aliphatic heterocycles. The van der Waals surface area contributed by atoms with Crippen LogP contribution in [-0.2, 0) is 9.53 Å². The Morgan fingerprint density at radius 1 is 1.53 bits per heavy atom. The number of cyclic esters (lactones) is 1. The summed E-state index contributed by atoms with van der Waals surface area (Å²) < 4.78 is 4.77. The van der Waals surface area contributed by atoms with E-state index >= 15 is 0 Å². The van der Waals surface area contributed by atoms with Crippen molar-refractivity contribution in [1.29, 1.82) is 0 Å². The zero-order chi connectivity index (χ0) is 14.0. The van der Waals surface area contributed by atoms with Gasteiger partial charge >= 0.3 is 11.9 Å². The largest absolute Gasteiger partial charge is 0.478 e. The number of hydrogen-bond donors (Lipinski definition) is 1. The first-order valence-electron chi connectivity index (χ1n) is 5.34. The smallest absolute Gasteiger partial charge is 0.336 e. The summed E-state index contributed by atoms with van der Waals surface area (Å²) in [5.74, 6) is -1.61. The van der Waals surface area contributed by atoms with Crippen LogP contribution in [0.1, 0.15) is 16.8 Å². The standard InChI is InChI=1S/C11H9NO6S/c13-10(14)7-2-1-6(12(16)17)5-9(7)19-8-3-4-18-11(8)15/h1-2,5,8H,3-4H2,(H,13,14). The fourth-order valence-electron chi connectivity index (χ4n) is 1.64. The Morgan fingerprint density at radius 2 is 2.26 bits per heavy atom. The molecule has 1 aromatic rings. The van der Waals surface area contributed by atoms with Gasteiger partial charge in [0.15, 0.2) is 0 Å². The molecule has 7 nitrogen and oxygen atoms in total. The molecule has 1 aliphatic rings. The third kappa shape index (κ3) is 2.84. The van der Waals surface area contributed by atoms with Gasteiger partial charge in [0, 0.05) is 23.4 Å². The van der Waals surface area contributed by atoms with Crippen LogP contribution in [0, 0.1) is 10.1 Å². The number of esters is 1. The number of hydrogen-bond acceptors (Lipinski definition) is 6. The maximum Gasteiger partial charge on any atom is 0.336 e. The van der Waals surface area contributed by atoms with Crippen LogP contribution in [-0.4, -0.2) is 33.8 Å². The number of carbonyl (C=O) groups is 2. The summed E-state index contributed by atoms with van der Waals surface area (Å²) in [5.41, 5.74) is -0.269. The Balaban J connectivity index is 2.34. The summed E-state index contributed by atoms with van der Waals surface area (Å²) in [4.78, 5) is 32.7. The monoisotopic (exact) mass is 283 g/mol. The first-order valence-corrected chi connectivity index (χ1v) is 6.22. The lowest BCUT2D eigenvalue weighted by Crippen LogP contribution is -2.11.